The van der Waals surface area contributed by atoms with Gasteiger partial charge in [-0.1, -0.05) is 27.2 Å². The minimum absolute atomic E-state index is 0.149. The highest BCUT2D eigenvalue weighted by Gasteiger charge is 2.46. The molecular weight excluding hydrogens is 220 g/mol. The maximum absolute atomic E-state index is 9.17. The monoisotopic (exact) mass is 246 g/mol. The van der Waals surface area contributed by atoms with Crippen LogP contribution in [0.2, 0.25) is 18.1 Å². The Morgan fingerprint density at radius 3 is 1.94 bits per heavy atom. The minimum atomic E-state index is -1.87. The second-order valence-corrected chi connectivity index (χ2v) is 11.1. The lowest BCUT2D eigenvalue weighted by Crippen LogP contribution is -2.51. The third kappa shape index (κ3) is 3.06. The molecule has 0 aliphatic heterocycles. The summed E-state index contributed by atoms with van der Waals surface area (Å²) in [5, 5.41) is 9.32. The topological polar surface area (TPSA) is 38.7 Å². The molecule has 16 heavy (non-hydrogen) atoms. The van der Waals surface area contributed by atoms with Crippen molar-refractivity contribution in [2.75, 3.05) is 0 Å². The predicted molar refractivity (Wildman–Crippen MR) is 67.8 cm³/mol. The fraction of sp³-hybridized carbons (Fsp3) is 1.00. The van der Waals surface area contributed by atoms with Crippen molar-refractivity contribution < 1.29 is 14.6 Å². The van der Waals surface area contributed by atoms with Crippen molar-refractivity contribution in [2.24, 2.45) is 0 Å². The first-order chi connectivity index (χ1) is 7.22. The molecular formula is C12H26O3Si. The summed E-state index contributed by atoms with van der Waals surface area (Å²) in [6.45, 7) is 11.0. The summed E-state index contributed by atoms with van der Waals surface area (Å²) in [5.74, 6) is -0.721. The third-order valence-corrected chi connectivity index (χ3v) is 8.52. The Labute approximate surface area is 100 Å². The molecule has 0 bridgehead atoms. The first-order valence-electron chi connectivity index (χ1n) is 6.25. The van der Waals surface area contributed by atoms with E-state index in [9.17, 15) is 0 Å². The molecule has 1 aliphatic carbocycles. The molecule has 0 spiro atoms. The third-order valence-electron chi connectivity index (χ3n) is 4.03. The smallest absolute Gasteiger partial charge is 0.195 e. The zero-order valence-electron chi connectivity index (χ0n) is 11.3. The Morgan fingerprint density at radius 2 is 1.56 bits per heavy atom. The molecule has 1 rings (SSSR count). The Hall–Kier alpha value is 0.0969. The molecule has 1 aliphatic rings. The van der Waals surface area contributed by atoms with Gasteiger partial charge in [-0.05, 0) is 31.0 Å². The van der Waals surface area contributed by atoms with E-state index in [1.165, 1.54) is 6.42 Å². The minimum Gasteiger partial charge on any atom is -0.388 e. The lowest BCUT2D eigenvalue weighted by molar-refractivity contribution is -0.392. The van der Waals surface area contributed by atoms with Crippen LogP contribution in [0.1, 0.15) is 52.9 Å². The summed E-state index contributed by atoms with van der Waals surface area (Å²) in [4.78, 5) is 4.72. The van der Waals surface area contributed by atoms with Crippen LogP contribution in [-0.2, 0) is 9.31 Å². The quantitative estimate of drug-likeness (QED) is 0.352. The summed E-state index contributed by atoms with van der Waals surface area (Å²) in [7, 11) is -1.87. The normalized spacial score (nSPS) is 22.1. The van der Waals surface area contributed by atoms with Crippen molar-refractivity contribution in [3.05, 3.63) is 0 Å². The van der Waals surface area contributed by atoms with Crippen LogP contribution in [0.5, 0.6) is 0 Å². The summed E-state index contributed by atoms with van der Waals surface area (Å²) in [6.07, 6.45) is 5.00. The second kappa shape index (κ2) is 4.76. The van der Waals surface area contributed by atoms with Gasteiger partial charge >= 0.3 is 0 Å². The first kappa shape index (κ1) is 14.2. The Morgan fingerprint density at radius 1 is 1.06 bits per heavy atom. The lowest BCUT2D eigenvalue weighted by Gasteiger charge is -2.45. The van der Waals surface area contributed by atoms with E-state index in [1.807, 2.05) is 0 Å². The Kier molecular flexibility index (Phi) is 4.22. The number of rotatable bonds is 3. The van der Waals surface area contributed by atoms with Gasteiger partial charge < -0.3 is 4.43 Å². The van der Waals surface area contributed by atoms with Crippen molar-refractivity contribution in [1.29, 1.82) is 0 Å². The average molecular weight is 246 g/mol. The van der Waals surface area contributed by atoms with Gasteiger partial charge in [0.25, 0.3) is 0 Å². The number of hydrogen-bond acceptors (Lipinski definition) is 3. The summed E-state index contributed by atoms with van der Waals surface area (Å²) in [5.41, 5.74) is 0. The highest BCUT2D eigenvalue weighted by atomic mass is 28.4. The molecule has 1 N–H and O–H groups in total. The van der Waals surface area contributed by atoms with Gasteiger partial charge in [0.15, 0.2) is 14.1 Å². The van der Waals surface area contributed by atoms with Crippen LogP contribution in [0.3, 0.4) is 0 Å². The molecule has 0 unspecified atom stereocenters. The van der Waals surface area contributed by atoms with E-state index in [-0.39, 0.29) is 5.04 Å². The highest BCUT2D eigenvalue weighted by molar-refractivity contribution is 6.74. The summed E-state index contributed by atoms with van der Waals surface area (Å²) in [6, 6.07) is 0. The molecule has 0 aromatic heterocycles. The van der Waals surface area contributed by atoms with Crippen LogP contribution in [0.25, 0.3) is 0 Å². The largest absolute Gasteiger partial charge is 0.388 e. The van der Waals surface area contributed by atoms with Crippen molar-refractivity contribution in [3.8, 4) is 0 Å². The Balaban J connectivity index is 2.76. The maximum Gasteiger partial charge on any atom is 0.195 e. The van der Waals surface area contributed by atoms with E-state index < -0.39 is 14.1 Å². The standard InChI is InChI=1S/C12H26O3Si/c1-11(2,3)16(4,5)15-12(14-13)9-7-6-8-10-12/h13H,6-10H2,1-5H3. The summed E-state index contributed by atoms with van der Waals surface area (Å²) < 4.78 is 6.25. The number of hydrogen-bond donors (Lipinski definition) is 1. The SMILES string of the molecule is CC(C)(C)[Si](C)(C)OC1(OO)CCCCC1. The van der Waals surface area contributed by atoms with Gasteiger partial charge in [-0.3, -0.25) is 0 Å². The molecule has 4 heteroatoms. The van der Waals surface area contributed by atoms with Gasteiger partial charge in [0.1, 0.15) is 0 Å². The highest BCUT2D eigenvalue weighted by Crippen LogP contribution is 2.43. The summed E-state index contributed by atoms with van der Waals surface area (Å²) >= 11 is 0. The van der Waals surface area contributed by atoms with Crippen LogP contribution in [0.15, 0.2) is 0 Å². The molecule has 0 atom stereocenters. The van der Waals surface area contributed by atoms with Gasteiger partial charge in [-0.15, -0.1) is 0 Å². The molecule has 0 aromatic carbocycles. The van der Waals surface area contributed by atoms with Crippen LogP contribution < -0.4 is 0 Å². The first-order valence-corrected chi connectivity index (χ1v) is 9.16. The van der Waals surface area contributed by atoms with Crippen LogP contribution in [0.4, 0.5) is 0 Å². The van der Waals surface area contributed by atoms with Crippen LogP contribution >= 0.6 is 0 Å². The maximum atomic E-state index is 9.17. The average Bonchev–Trinajstić information content (AvgIpc) is 2.17. The van der Waals surface area contributed by atoms with Gasteiger partial charge in [-0.25, -0.2) is 10.1 Å². The van der Waals surface area contributed by atoms with E-state index in [0.29, 0.717) is 0 Å². The Bertz CT molecular complexity index is 227. The zero-order valence-corrected chi connectivity index (χ0v) is 12.3. The fourth-order valence-corrected chi connectivity index (χ4v) is 3.40. The molecule has 0 saturated heterocycles. The molecule has 1 fully saturated rings. The fourth-order valence-electron chi connectivity index (χ4n) is 1.92. The molecule has 3 nitrogen and oxygen atoms in total. The van der Waals surface area contributed by atoms with E-state index >= 15 is 0 Å². The van der Waals surface area contributed by atoms with E-state index in [4.69, 9.17) is 14.6 Å². The van der Waals surface area contributed by atoms with E-state index in [2.05, 4.69) is 33.9 Å². The van der Waals surface area contributed by atoms with Gasteiger partial charge in [-0.2, -0.15) is 0 Å². The van der Waals surface area contributed by atoms with Crippen LogP contribution in [0, 0.1) is 0 Å². The lowest BCUT2D eigenvalue weighted by atomic mass is 9.95. The van der Waals surface area contributed by atoms with Gasteiger partial charge in [0, 0.05) is 12.8 Å². The van der Waals surface area contributed by atoms with Crippen molar-refractivity contribution >= 4 is 8.32 Å². The second-order valence-electron chi connectivity index (χ2n) is 6.43. The molecule has 1 saturated carbocycles. The van der Waals surface area contributed by atoms with Crippen molar-refractivity contribution in [2.45, 2.75) is 76.8 Å². The molecule has 0 radical (unpaired) electrons. The van der Waals surface area contributed by atoms with Gasteiger partial charge in [0.2, 0.25) is 0 Å². The van der Waals surface area contributed by atoms with Crippen molar-refractivity contribution in [1.82, 2.24) is 0 Å². The van der Waals surface area contributed by atoms with E-state index in [0.717, 1.165) is 25.7 Å². The van der Waals surface area contributed by atoms with Gasteiger partial charge in [0.05, 0.1) is 0 Å². The molecule has 96 valence electrons. The molecule has 0 aromatic rings. The van der Waals surface area contributed by atoms with Crippen LogP contribution in [-0.4, -0.2) is 19.4 Å². The van der Waals surface area contributed by atoms with Crippen molar-refractivity contribution in [3.63, 3.8) is 0 Å². The van der Waals surface area contributed by atoms with E-state index in [1.54, 1.807) is 0 Å². The molecule has 0 amide bonds. The zero-order chi connectivity index (χ0) is 12.4. The predicted octanol–water partition coefficient (Wildman–Crippen LogP) is 4.16. The molecule has 0 heterocycles.